The summed E-state index contributed by atoms with van der Waals surface area (Å²) in [7, 11) is 0. The molecule has 0 bridgehead atoms. The highest BCUT2D eigenvalue weighted by atomic mass is 14.3. The van der Waals surface area contributed by atoms with Gasteiger partial charge < -0.3 is 0 Å². The molecule has 0 nitrogen and oxygen atoms in total. The average Bonchev–Trinajstić information content (AvgIpc) is 3.35. The van der Waals surface area contributed by atoms with E-state index in [1.54, 1.807) is 0 Å². The second-order valence-electron chi connectivity index (χ2n) is 11.9. The Morgan fingerprint density at radius 1 is 0.412 bits per heavy atom. The van der Waals surface area contributed by atoms with Gasteiger partial charge in [0.2, 0.25) is 0 Å². The minimum Gasteiger partial charge on any atom is -0.0619 e. The Hall–Kier alpha value is -3.12. The van der Waals surface area contributed by atoms with Crippen molar-refractivity contribution >= 4 is 0 Å². The fourth-order valence-corrected chi connectivity index (χ4v) is 5.22. The van der Waals surface area contributed by atoms with Crippen molar-refractivity contribution in [2.45, 2.75) is 65.2 Å². The van der Waals surface area contributed by atoms with Crippen LogP contribution < -0.4 is 0 Å². The van der Waals surface area contributed by atoms with E-state index >= 15 is 0 Å². The van der Waals surface area contributed by atoms with Crippen molar-refractivity contribution in [3.8, 4) is 22.3 Å². The highest BCUT2D eigenvalue weighted by molar-refractivity contribution is 5.78. The largest absolute Gasteiger partial charge is 0.0619 e. The van der Waals surface area contributed by atoms with Crippen LogP contribution >= 0.6 is 0 Å². The standard InChI is InChI=1S/C21H26.C13H10/c1-20(2,3)16-7-9-18-14(12-16)11-15-13-17(21(4,5)6)8-10-19(15)18;1-3-7-12-10(5-1)9-11-6-2-4-8-13(11)12/h7-10,12-13H,11H2,1-6H3;1-8H,9H2. The molecule has 2 aliphatic carbocycles. The summed E-state index contributed by atoms with van der Waals surface area (Å²) in [6.45, 7) is 13.7. The van der Waals surface area contributed by atoms with Crippen LogP contribution in [0.2, 0.25) is 0 Å². The van der Waals surface area contributed by atoms with Crippen molar-refractivity contribution in [1.82, 2.24) is 0 Å². The topological polar surface area (TPSA) is 0 Å². The molecule has 2 aliphatic rings. The molecule has 0 aliphatic heterocycles. The molecule has 0 heteroatoms. The van der Waals surface area contributed by atoms with Crippen molar-refractivity contribution in [3.05, 3.63) is 118 Å². The van der Waals surface area contributed by atoms with E-state index in [9.17, 15) is 0 Å². The van der Waals surface area contributed by atoms with Crippen molar-refractivity contribution in [2.75, 3.05) is 0 Å². The predicted molar refractivity (Wildman–Crippen MR) is 147 cm³/mol. The van der Waals surface area contributed by atoms with Gasteiger partial charge in [0.15, 0.2) is 0 Å². The van der Waals surface area contributed by atoms with Crippen molar-refractivity contribution in [2.24, 2.45) is 0 Å². The number of hydrogen-bond acceptors (Lipinski definition) is 0. The molecule has 6 rings (SSSR count). The van der Waals surface area contributed by atoms with E-state index in [1.807, 2.05) is 0 Å². The molecular formula is C34H36. The minimum atomic E-state index is 0.223. The van der Waals surface area contributed by atoms with E-state index < -0.39 is 0 Å². The van der Waals surface area contributed by atoms with E-state index in [2.05, 4.69) is 126 Å². The monoisotopic (exact) mass is 444 g/mol. The van der Waals surface area contributed by atoms with Crippen LogP contribution in [0.1, 0.15) is 74.9 Å². The molecule has 0 saturated carbocycles. The maximum atomic E-state index is 2.41. The van der Waals surface area contributed by atoms with E-state index in [1.165, 1.54) is 55.6 Å². The van der Waals surface area contributed by atoms with Gasteiger partial charge in [-0.2, -0.15) is 0 Å². The molecule has 34 heavy (non-hydrogen) atoms. The van der Waals surface area contributed by atoms with Crippen LogP contribution in [0.25, 0.3) is 22.3 Å². The van der Waals surface area contributed by atoms with Gasteiger partial charge in [-0.05, 0) is 79.3 Å². The fourth-order valence-electron chi connectivity index (χ4n) is 5.22. The molecule has 0 heterocycles. The summed E-state index contributed by atoms with van der Waals surface area (Å²) in [6, 6.07) is 31.4. The first kappa shape index (κ1) is 22.7. The first-order valence-corrected chi connectivity index (χ1v) is 12.5. The van der Waals surface area contributed by atoms with Crippen LogP contribution in [0.4, 0.5) is 0 Å². The summed E-state index contributed by atoms with van der Waals surface area (Å²) in [5.41, 5.74) is 14.9. The van der Waals surface area contributed by atoms with E-state index in [0.29, 0.717) is 0 Å². The van der Waals surface area contributed by atoms with Crippen LogP contribution in [0.3, 0.4) is 0 Å². The normalized spacial score (nSPS) is 13.4. The Balaban J connectivity index is 0.000000157. The lowest BCUT2D eigenvalue weighted by atomic mass is 9.85. The molecule has 0 spiro atoms. The van der Waals surface area contributed by atoms with Crippen molar-refractivity contribution in [3.63, 3.8) is 0 Å². The molecule has 0 fully saturated rings. The lowest BCUT2D eigenvalue weighted by Gasteiger charge is -2.20. The zero-order valence-electron chi connectivity index (χ0n) is 21.5. The number of benzene rings is 4. The van der Waals surface area contributed by atoms with Gasteiger partial charge in [-0.15, -0.1) is 0 Å². The molecule has 4 aromatic rings. The van der Waals surface area contributed by atoms with Crippen LogP contribution in [0.15, 0.2) is 84.9 Å². The highest BCUT2D eigenvalue weighted by Crippen LogP contribution is 2.40. The average molecular weight is 445 g/mol. The number of hydrogen-bond donors (Lipinski definition) is 0. The first-order valence-electron chi connectivity index (χ1n) is 12.5. The maximum Gasteiger partial charge on any atom is -0.00132 e. The zero-order chi connectivity index (χ0) is 24.1. The lowest BCUT2D eigenvalue weighted by molar-refractivity contribution is 0.589. The van der Waals surface area contributed by atoms with E-state index in [0.717, 1.165) is 12.8 Å². The molecule has 0 unspecified atom stereocenters. The summed E-state index contributed by atoms with van der Waals surface area (Å²) >= 11 is 0. The third-order valence-corrected chi connectivity index (χ3v) is 7.32. The van der Waals surface area contributed by atoms with Gasteiger partial charge in [0, 0.05) is 0 Å². The van der Waals surface area contributed by atoms with Gasteiger partial charge >= 0.3 is 0 Å². The third kappa shape index (κ3) is 4.23. The molecule has 4 aromatic carbocycles. The fraction of sp³-hybridized carbons (Fsp3) is 0.294. The molecule has 0 amide bonds. The molecule has 0 saturated heterocycles. The van der Waals surface area contributed by atoms with Crippen molar-refractivity contribution < 1.29 is 0 Å². The Bertz CT molecular complexity index is 1250. The summed E-state index contributed by atoms with van der Waals surface area (Å²) < 4.78 is 0. The van der Waals surface area contributed by atoms with Gasteiger partial charge in [-0.25, -0.2) is 0 Å². The van der Waals surface area contributed by atoms with Gasteiger partial charge in [-0.1, -0.05) is 126 Å². The van der Waals surface area contributed by atoms with Crippen molar-refractivity contribution in [1.29, 1.82) is 0 Å². The Kier molecular flexibility index (Phi) is 5.52. The van der Waals surface area contributed by atoms with Gasteiger partial charge in [0.1, 0.15) is 0 Å². The number of rotatable bonds is 0. The maximum absolute atomic E-state index is 2.41. The SMILES string of the molecule is CC(C)(C)c1ccc2c(c1)Cc1cc(C(C)(C)C)ccc1-2.c1ccc2c(c1)Cc1ccccc1-2. The van der Waals surface area contributed by atoms with Gasteiger partial charge in [-0.3, -0.25) is 0 Å². The van der Waals surface area contributed by atoms with Crippen LogP contribution in [0.5, 0.6) is 0 Å². The summed E-state index contributed by atoms with van der Waals surface area (Å²) in [5.74, 6) is 0. The Morgan fingerprint density at radius 2 is 0.765 bits per heavy atom. The molecule has 0 aromatic heterocycles. The summed E-state index contributed by atoms with van der Waals surface area (Å²) in [5, 5.41) is 0. The minimum absolute atomic E-state index is 0.223. The van der Waals surface area contributed by atoms with Gasteiger partial charge in [0.25, 0.3) is 0 Å². The van der Waals surface area contributed by atoms with E-state index in [4.69, 9.17) is 0 Å². The molecule has 0 N–H and O–H groups in total. The first-order chi connectivity index (χ1) is 16.1. The smallest absolute Gasteiger partial charge is 0.00132 e. The van der Waals surface area contributed by atoms with Gasteiger partial charge in [0.05, 0.1) is 0 Å². The predicted octanol–water partition coefficient (Wildman–Crippen LogP) is 9.11. The van der Waals surface area contributed by atoms with Crippen LogP contribution in [0, 0.1) is 0 Å². The molecule has 172 valence electrons. The molecule has 0 atom stereocenters. The Labute approximate surface area is 205 Å². The summed E-state index contributed by atoms with van der Waals surface area (Å²) in [6.07, 6.45) is 2.19. The second kappa shape index (κ2) is 8.27. The third-order valence-electron chi connectivity index (χ3n) is 7.32. The van der Waals surface area contributed by atoms with Crippen LogP contribution in [-0.4, -0.2) is 0 Å². The molecular weight excluding hydrogens is 408 g/mol. The highest BCUT2D eigenvalue weighted by Gasteiger charge is 2.24. The van der Waals surface area contributed by atoms with E-state index in [-0.39, 0.29) is 10.8 Å². The lowest BCUT2D eigenvalue weighted by Crippen LogP contribution is -2.11. The zero-order valence-corrected chi connectivity index (χ0v) is 21.5. The molecule has 0 radical (unpaired) electrons. The number of fused-ring (bicyclic) bond motifs is 6. The second-order valence-corrected chi connectivity index (χ2v) is 11.9. The summed E-state index contributed by atoms with van der Waals surface area (Å²) in [4.78, 5) is 0. The quantitative estimate of drug-likeness (QED) is 0.219. The Morgan fingerprint density at radius 3 is 1.18 bits per heavy atom. The van der Waals surface area contributed by atoms with Crippen LogP contribution in [-0.2, 0) is 23.7 Å².